The summed E-state index contributed by atoms with van der Waals surface area (Å²) in [5.41, 5.74) is 3.92. The Labute approximate surface area is 352 Å². The van der Waals surface area contributed by atoms with Crippen LogP contribution in [0.5, 0.6) is 5.75 Å². The largest absolute Gasteiger partial charge is 0.508 e. The number of morpholine rings is 1. The third-order valence-corrected chi connectivity index (χ3v) is 12.8. The standard InChI is InChI=1S/C51H50N4O5/c1-53(34-36-17-8-5-9-18-36)30-16-19-35-24-29-42-41(33-35)51(50(59)52-42)43(48(57)54-31-14-3-2-4-15-32-54)45-49(58)60-46(38-22-12-7-13-23-38)44(37-20-10-6-11-21-37)55(45)47(51)39-25-27-40(56)28-26-39/h5-13,17-18,20-29,33,43-47,56H,2-4,14-15,30-32,34H2,1H3,(H,52,59)/t43-,44-,45-,46+,47+,51-/m0/s1. The van der Waals surface area contributed by atoms with Crippen molar-refractivity contribution >= 4 is 23.5 Å². The first kappa shape index (κ1) is 39.3. The first-order valence-corrected chi connectivity index (χ1v) is 21.2. The number of hydrogen-bond acceptors (Lipinski definition) is 7. The third kappa shape index (κ3) is 7.14. The Balaban J connectivity index is 1.24. The number of phenols is 1. The molecule has 3 saturated heterocycles. The highest BCUT2D eigenvalue weighted by atomic mass is 16.6. The van der Waals surface area contributed by atoms with Crippen LogP contribution >= 0.6 is 0 Å². The summed E-state index contributed by atoms with van der Waals surface area (Å²) in [6, 6.07) is 39.9. The van der Waals surface area contributed by atoms with E-state index in [9.17, 15) is 5.11 Å². The second kappa shape index (κ2) is 16.8. The summed E-state index contributed by atoms with van der Waals surface area (Å²) in [4.78, 5) is 52.5. The van der Waals surface area contributed by atoms with E-state index < -0.39 is 41.5 Å². The van der Waals surface area contributed by atoms with Gasteiger partial charge in [-0.1, -0.05) is 134 Å². The smallest absolute Gasteiger partial charge is 0.324 e. The van der Waals surface area contributed by atoms with Gasteiger partial charge in [0.2, 0.25) is 11.8 Å². The molecule has 0 aromatic heterocycles. The molecular weight excluding hydrogens is 749 g/mol. The highest BCUT2D eigenvalue weighted by Gasteiger charge is 2.74. The second-order valence-electron chi connectivity index (χ2n) is 16.6. The maximum absolute atomic E-state index is 15.7. The molecule has 60 heavy (non-hydrogen) atoms. The minimum absolute atomic E-state index is 0.0708. The zero-order valence-corrected chi connectivity index (χ0v) is 33.9. The molecule has 9 heteroatoms. The number of likely N-dealkylation sites (tertiary alicyclic amines) is 1. The highest BCUT2D eigenvalue weighted by Crippen LogP contribution is 2.65. The van der Waals surface area contributed by atoms with Gasteiger partial charge in [0.15, 0.2) is 0 Å². The van der Waals surface area contributed by atoms with Gasteiger partial charge in [0.25, 0.3) is 0 Å². The predicted octanol–water partition coefficient (Wildman–Crippen LogP) is 7.94. The van der Waals surface area contributed by atoms with Crippen LogP contribution in [0, 0.1) is 17.8 Å². The molecule has 4 aliphatic heterocycles. The lowest BCUT2D eigenvalue weighted by Crippen LogP contribution is -2.55. The van der Waals surface area contributed by atoms with Crippen LogP contribution in [0.15, 0.2) is 133 Å². The van der Waals surface area contributed by atoms with Gasteiger partial charge < -0.3 is 20.1 Å². The van der Waals surface area contributed by atoms with Crippen molar-refractivity contribution in [2.24, 2.45) is 5.92 Å². The van der Waals surface area contributed by atoms with Crippen LogP contribution in [-0.4, -0.2) is 70.3 Å². The van der Waals surface area contributed by atoms with Gasteiger partial charge in [-0.05, 0) is 78.0 Å². The molecule has 9 nitrogen and oxygen atoms in total. The number of ether oxygens (including phenoxy) is 1. The minimum Gasteiger partial charge on any atom is -0.508 e. The van der Waals surface area contributed by atoms with E-state index in [0.29, 0.717) is 42.0 Å². The lowest BCUT2D eigenvalue weighted by Gasteiger charge is -2.46. The molecule has 304 valence electrons. The molecule has 0 bridgehead atoms. The van der Waals surface area contributed by atoms with Crippen LogP contribution < -0.4 is 5.32 Å². The Kier molecular flexibility index (Phi) is 11.0. The van der Waals surface area contributed by atoms with Gasteiger partial charge in [0.1, 0.15) is 23.3 Å². The van der Waals surface area contributed by atoms with Crippen molar-refractivity contribution < 1.29 is 24.2 Å². The maximum Gasteiger partial charge on any atom is 0.324 e. The monoisotopic (exact) mass is 798 g/mol. The lowest BCUT2D eigenvalue weighted by atomic mass is 9.65. The van der Waals surface area contributed by atoms with Crippen molar-refractivity contribution in [2.75, 3.05) is 32.0 Å². The fraction of sp³-hybridized carbons (Fsp3) is 0.314. The molecule has 2 amide bonds. The highest BCUT2D eigenvalue weighted by molar-refractivity contribution is 6.12. The molecule has 9 rings (SSSR count). The molecule has 5 aromatic rings. The van der Waals surface area contributed by atoms with Crippen LogP contribution in [0.1, 0.15) is 83.7 Å². The van der Waals surface area contributed by atoms with E-state index in [1.807, 2.05) is 121 Å². The molecule has 1 spiro atoms. The number of phenolic OH excluding ortho intramolecular Hbond substituents is 1. The van der Waals surface area contributed by atoms with E-state index >= 15 is 14.4 Å². The van der Waals surface area contributed by atoms with E-state index in [4.69, 9.17) is 4.74 Å². The van der Waals surface area contributed by atoms with Gasteiger partial charge in [-0.3, -0.25) is 24.2 Å². The molecule has 3 fully saturated rings. The fourth-order valence-corrected chi connectivity index (χ4v) is 10.2. The van der Waals surface area contributed by atoms with Gasteiger partial charge in [0.05, 0.1) is 24.5 Å². The van der Waals surface area contributed by atoms with Crippen molar-refractivity contribution in [1.82, 2.24) is 14.7 Å². The molecule has 6 atom stereocenters. The van der Waals surface area contributed by atoms with Gasteiger partial charge in [-0.15, -0.1) is 0 Å². The van der Waals surface area contributed by atoms with E-state index in [1.165, 1.54) is 5.56 Å². The van der Waals surface area contributed by atoms with Crippen LogP contribution in [0.25, 0.3) is 0 Å². The zero-order chi connectivity index (χ0) is 41.2. The summed E-state index contributed by atoms with van der Waals surface area (Å²) < 4.78 is 6.59. The Bertz CT molecular complexity index is 2410. The SMILES string of the molecule is CN(CC#Cc1ccc2c(c1)[C@]1(C(=O)N2)[C@H](C(=O)N2CCCCCCC2)[C@H]2C(=O)O[C@H](c3ccccc3)[C@H](c3ccccc3)N2[C@@H]1c1ccc(O)cc1)Cc1ccccc1. The lowest BCUT2D eigenvalue weighted by molar-refractivity contribution is -0.179. The summed E-state index contributed by atoms with van der Waals surface area (Å²) in [7, 11) is 2.03. The van der Waals surface area contributed by atoms with Crippen LogP contribution in [0.4, 0.5) is 5.69 Å². The van der Waals surface area contributed by atoms with Crippen LogP contribution in [-0.2, 0) is 31.1 Å². The molecule has 4 heterocycles. The van der Waals surface area contributed by atoms with Crippen molar-refractivity contribution in [1.29, 1.82) is 0 Å². The summed E-state index contributed by atoms with van der Waals surface area (Å²) in [6.45, 7) is 2.35. The maximum atomic E-state index is 15.7. The Morgan fingerprint density at radius 3 is 2.10 bits per heavy atom. The molecule has 0 saturated carbocycles. The Hall–Kier alpha value is -6.21. The number of cyclic esters (lactones) is 1. The third-order valence-electron chi connectivity index (χ3n) is 12.8. The van der Waals surface area contributed by atoms with Gasteiger partial charge >= 0.3 is 5.97 Å². The number of carbonyl (C=O) groups excluding carboxylic acids is 3. The average molecular weight is 799 g/mol. The molecule has 4 aliphatic rings. The average Bonchev–Trinajstić information content (AvgIpc) is 3.73. The quantitative estimate of drug-likeness (QED) is 0.127. The normalized spacial score (nSPS) is 25.0. The summed E-state index contributed by atoms with van der Waals surface area (Å²) in [5, 5.41) is 13.8. The Morgan fingerprint density at radius 1 is 0.783 bits per heavy atom. The summed E-state index contributed by atoms with van der Waals surface area (Å²) in [5.74, 6) is 4.52. The topological polar surface area (TPSA) is 102 Å². The molecule has 0 unspecified atom stereocenters. The number of rotatable bonds is 7. The fourth-order valence-electron chi connectivity index (χ4n) is 10.2. The number of carbonyl (C=O) groups is 3. The number of amides is 2. The molecular formula is C51H50N4O5. The first-order chi connectivity index (χ1) is 29.3. The van der Waals surface area contributed by atoms with E-state index in [2.05, 4.69) is 39.1 Å². The van der Waals surface area contributed by atoms with Crippen molar-refractivity contribution in [3.63, 3.8) is 0 Å². The van der Waals surface area contributed by atoms with Crippen LogP contribution in [0.3, 0.4) is 0 Å². The number of aromatic hydroxyl groups is 1. The molecule has 0 radical (unpaired) electrons. The number of fused-ring (bicyclic) bond motifs is 3. The van der Waals surface area contributed by atoms with E-state index in [-0.39, 0.29) is 17.6 Å². The summed E-state index contributed by atoms with van der Waals surface area (Å²) in [6.07, 6.45) is 4.06. The number of nitrogens with zero attached hydrogens (tertiary/aromatic N) is 3. The van der Waals surface area contributed by atoms with Gasteiger partial charge in [-0.25, -0.2) is 0 Å². The van der Waals surface area contributed by atoms with E-state index in [1.54, 1.807) is 12.1 Å². The molecule has 0 aliphatic carbocycles. The van der Waals surface area contributed by atoms with E-state index in [0.717, 1.165) is 49.8 Å². The molecule has 5 aromatic carbocycles. The van der Waals surface area contributed by atoms with Crippen molar-refractivity contribution in [2.45, 2.75) is 68.3 Å². The number of hydrogen-bond donors (Lipinski definition) is 2. The van der Waals surface area contributed by atoms with Crippen LogP contribution in [0.2, 0.25) is 0 Å². The number of anilines is 1. The second-order valence-corrected chi connectivity index (χ2v) is 16.6. The number of benzene rings is 5. The minimum atomic E-state index is -1.59. The summed E-state index contributed by atoms with van der Waals surface area (Å²) >= 11 is 0. The number of nitrogens with one attached hydrogen (secondary N) is 1. The van der Waals surface area contributed by atoms with Gasteiger partial charge in [-0.2, -0.15) is 0 Å². The first-order valence-electron chi connectivity index (χ1n) is 21.2. The van der Waals surface area contributed by atoms with Crippen molar-refractivity contribution in [3.05, 3.63) is 167 Å². The number of esters is 1. The molecule has 2 N–H and O–H groups in total. The predicted molar refractivity (Wildman–Crippen MR) is 230 cm³/mol. The zero-order valence-electron chi connectivity index (χ0n) is 33.9. The van der Waals surface area contributed by atoms with Crippen molar-refractivity contribution in [3.8, 4) is 17.6 Å². The van der Waals surface area contributed by atoms with Gasteiger partial charge in [0, 0.05) is 30.9 Å². The Morgan fingerprint density at radius 2 is 1.42 bits per heavy atom.